The van der Waals surface area contributed by atoms with Crippen LogP contribution in [0.3, 0.4) is 0 Å². The van der Waals surface area contributed by atoms with Gasteiger partial charge in [-0.25, -0.2) is 0 Å². The van der Waals surface area contributed by atoms with Crippen molar-refractivity contribution < 1.29 is 14.3 Å². The summed E-state index contributed by atoms with van der Waals surface area (Å²) in [6.45, 7) is 7.61. The molecular weight excluding hydrogens is 348 g/mol. The third-order valence-corrected chi connectivity index (χ3v) is 5.02. The zero-order chi connectivity index (χ0) is 18.8. The van der Waals surface area contributed by atoms with Gasteiger partial charge >= 0.3 is 0 Å². The van der Waals surface area contributed by atoms with Crippen LogP contribution in [-0.2, 0) is 4.74 Å². The third kappa shape index (κ3) is 5.56. The van der Waals surface area contributed by atoms with Crippen molar-refractivity contribution in [2.24, 2.45) is 0 Å². The summed E-state index contributed by atoms with van der Waals surface area (Å²) in [6, 6.07) is 9.60. The summed E-state index contributed by atoms with van der Waals surface area (Å²) < 4.78 is 10.7. The number of ether oxygens (including phenoxy) is 2. The van der Waals surface area contributed by atoms with Gasteiger partial charge in [-0.1, -0.05) is 26.0 Å². The number of carbonyl (C=O) groups is 1. The molecule has 142 valence electrons. The summed E-state index contributed by atoms with van der Waals surface area (Å²) in [5.74, 6) is 0.461. The van der Waals surface area contributed by atoms with Crippen LogP contribution in [-0.4, -0.2) is 50.8 Å². The average Bonchev–Trinajstić information content (AvgIpc) is 3.20. The monoisotopic (exact) mass is 376 g/mol. The highest BCUT2D eigenvalue weighted by atomic mass is 32.1. The molecule has 0 radical (unpaired) electrons. The van der Waals surface area contributed by atoms with E-state index >= 15 is 0 Å². The first-order valence-corrected chi connectivity index (χ1v) is 9.90. The molecule has 0 saturated heterocycles. The zero-order valence-corrected chi connectivity index (χ0v) is 16.6. The quantitative estimate of drug-likeness (QED) is 0.609. The van der Waals surface area contributed by atoms with Crippen molar-refractivity contribution in [2.75, 3.05) is 40.0 Å². The van der Waals surface area contributed by atoms with Crippen LogP contribution in [0.25, 0.3) is 0 Å². The number of benzene rings is 1. The molecule has 6 heteroatoms. The van der Waals surface area contributed by atoms with Gasteiger partial charge in [0.05, 0.1) is 18.2 Å². The van der Waals surface area contributed by atoms with Gasteiger partial charge in [0.1, 0.15) is 12.4 Å². The van der Waals surface area contributed by atoms with Crippen LogP contribution in [0.4, 0.5) is 0 Å². The summed E-state index contributed by atoms with van der Waals surface area (Å²) in [5, 5.41) is 7.31. The minimum absolute atomic E-state index is 0.120. The summed E-state index contributed by atoms with van der Waals surface area (Å²) in [6.07, 6.45) is 0. The second-order valence-corrected chi connectivity index (χ2v) is 6.62. The van der Waals surface area contributed by atoms with Gasteiger partial charge in [0.25, 0.3) is 5.91 Å². The molecule has 1 heterocycles. The van der Waals surface area contributed by atoms with Gasteiger partial charge in [-0.05, 0) is 47.6 Å². The standard InChI is InChI=1S/C20H28N2O3S/c1-4-22(5-2)18(16-10-13-26-15-16)14-21-20(23)17-8-6-7-9-19(17)25-12-11-24-3/h6-10,13,15,18H,4-5,11-12,14H2,1-3H3,(H,21,23). The number of carbonyl (C=O) groups excluding carboxylic acids is 1. The normalized spacial score (nSPS) is 12.2. The molecule has 0 aliphatic carbocycles. The van der Waals surface area contributed by atoms with Crippen LogP contribution in [0.15, 0.2) is 41.1 Å². The molecule has 0 aliphatic rings. The Morgan fingerprint density at radius 3 is 2.62 bits per heavy atom. The Morgan fingerprint density at radius 2 is 1.96 bits per heavy atom. The summed E-state index contributed by atoms with van der Waals surface area (Å²) in [4.78, 5) is 15.1. The van der Waals surface area contributed by atoms with Gasteiger partial charge in [-0.15, -0.1) is 0 Å². The van der Waals surface area contributed by atoms with E-state index < -0.39 is 0 Å². The fraction of sp³-hybridized carbons (Fsp3) is 0.450. The number of hydrogen-bond donors (Lipinski definition) is 1. The van der Waals surface area contributed by atoms with Crippen molar-refractivity contribution in [2.45, 2.75) is 19.9 Å². The molecule has 0 spiro atoms. The van der Waals surface area contributed by atoms with Gasteiger partial charge < -0.3 is 14.8 Å². The van der Waals surface area contributed by atoms with Crippen LogP contribution >= 0.6 is 11.3 Å². The highest BCUT2D eigenvalue weighted by molar-refractivity contribution is 7.07. The Labute approximate surface area is 159 Å². The Kier molecular flexibility index (Phi) is 8.61. The molecule has 0 aliphatic heterocycles. The molecule has 2 rings (SSSR count). The molecule has 5 nitrogen and oxygen atoms in total. The van der Waals surface area contributed by atoms with Gasteiger partial charge in [0.15, 0.2) is 0 Å². The maximum atomic E-state index is 12.7. The first-order valence-electron chi connectivity index (χ1n) is 8.96. The number of rotatable bonds is 11. The van der Waals surface area contributed by atoms with Gasteiger partial charge in [-0.2, -0.15) is 11.3 Å². The van der Waals surface area contributed by atoms with Crippen LogP contribution in [0.5, 0.6) is 5.75 Å². The van der Waals surface area contributed by atoms with Gasteiger partial charge in [0, 0.05) is 13.7 Å². The van der Waals surface area contributed by atoms with Gasteiger partial charge in [-0.3, -0.25) is 9.69 Å². The molecule has 2 aromatic rings. The van der Waals surface area contributed by atoms with E-state index in [1.165, 1.54) is 5.56 Å². The largest absolute Gasteiger partial charge is 0.490 e. The van der Waals surface area contributed by atoms with Crippen LogP contribution in [0.2, 0.25) is 0 Å². The molecule has 0 bridgehead atoms. The number of methoxy groups -OCH3 is 1. The van der Waals surface area contributed by atoms with E-state index in [4.69, 9.17) is 9.47 Å². The first kappa shape index (κ1) is 20.4. The third-order valence-electron chi connectivity index (χ3n) is 4.31. The maximum absolute atomic E-state index is 12.7. The number of nitrogens with zero attached hydrogens (tertiary/aromatic N) is 1. The van der Waals surface area contributed by atoms with Crippen molar-refractivity contribution in [3.63, 3.8) is 0 Å². The molecule has 0 fully saturated rings. The second kappa shape index (κ2) is 11.0. The maximum Gasteiger partial charge on any atom is 0.255 e. The summed E-state index contributed by atoms with van der Waals surface area (Å²) >= 11 is 1.68. The molecule has 1 aromatic heterocycles. The van der Waals surface area contributed by atoms with Crippen LogP contribution in [0.1, 0.15) is 35.8 Å². The van der Waals surface area contributed by atoms with Crippen molar-refractivity contribution in [1.29, 1.82) is 0 Å². The SMILES string of the molecule is CCN(CC)C(CNC(=O)c1ccccc1OCCOC)c1ccsc1. The van der Waals surface area contributed by atoms with E-state index in [9.17, 15) is 4.79 Å². The minimum Gasteiger partial charge on any atom is -0.490 e. The number of para-hydroxylation sites is 1. The Bertz CT molecular complexity index is 657. The molecular formula is C20H28N2O3S. The van der Waals surface area contributed by atoms with Crippen molar-refractivity contribution in [3.05, 3.63) is 52.2 Å². The fourth-order valence-electron chi connectivity index (χ4n) is 2.89. The Morgan fingerprint density at radius 1 is 1.19 bits per heavy atom. The number of hydrogen-bond acceptors (Lipinski definition) is 5. The first-order chi connectivity index (χ1) is 12.7. The molecule has 0 saturated carbocycles. The Balaban J connectivity index is 2.06. The molecule has 26 heavy (non-hydrogen) atoms. The predicted octanol–water partition coefficient (Wildman–Crippen LogP) is 3.59. The van der Waals surface area contributed by atoms with E-state index in [1.54, 1.807) is 24.5 Å². The fourth-order valence-corrected chi connectivity index (χ4v) is 3.59. The predicted molar refractivity (Wildman–Crippen MR) is 106 cm³/mol. The molecule has 1 unspecified atom stereocenters. The minimum atomic E-state index is -0.120. The van der Waals surface area contributed by atoms with Crippen molar-refractivity contribution >= 4 is 17.2 Å². The van der Waals surface area contributed by atoms with E-state index in [0.29, 0.717) is 31.1 Å². The van der Waals surface area contributed by atoms with Crippen LogP contribution in [0, 0.1) is 0 Å². The Hall–Kier alpha value is -1.89. The summed E-state index contributed by atoms with van der Waals surface area (Å²) in [7, 11) is 1.62. The van der Waals surface area contributed by atoms with E-state index in [0.717, 1.165) is 13.1 Å². The average molecular weight is 377 g/mol. The van der Waals surface area contributed by atoms with E-state index in [-0.39, 0.29) is 11.9 Å². The van der Waals surface area contributed by atoms with Crippen molar-refractivity contribution in [3.8, 4) is 5.75 Å². The smallest absolute Gasteiger partial charge is 0.255 e. The lowest BCUT2D eigenvalue weighted by Gasteiger charge is -2.29. The van der Waals surface area contributed by atoms with Gasteiger partial charge in [0.2, 0.25) is 0 Å². The van der Waals surface area contributed by atoms with Crippen LogP contribution < -0.4 is 10.1 Å². The topological polar surface area (TPSA) is 50.8 Å². The molecule has 1 aromatic carbocycles. The van der Waals surface area contributed by atoms with E-state index in [2.05, 4.69) is 40.9 Å². The second-order valence-electron chi connectivity index (χ2n) is 5.84. The molecule has 1 atom stereocenters. The zero-order valence-electron chi connectivity index (χ0n) is 15.7. The number of amides is 1. The van der Waals surface area contributed by atoms with Crippen molar-refractivity contribution in [1.82, 2.24) is 10.2 Å². The number of likely N-dealkylation sites (N-methyl/N-ethyl adjacent to an activating group) is 1. The lowest BCUT2D eigenvalue weighted by molar-refractivity contribution is 0.0927. The molecule has 1 amide bonds. The lowest BCUT2D eigenvalue weighted by Crippen LogP contribution is -2.38. The number of thiophene rings is 1. The summed E-state index contributed by atoms with van der Waals surface area (Å²) in [5.41, 5.74) is 1.79. The van der Waals surface area contributed by atoms with E-state index in [1.807, 2.05) is 18.2 Å². The lowest BCUT2D eigenvalue weighted by atomic mass is 10.1. The molecule has 1 N–H and O–H groups in total. The number of nitrogens with one attached hydrogen (secondary N) is 1. The highest BCUT2D eigenvalue weighted by Gasteiger charge is 2.20. The highest BCUT2D eigenvalue weighted by Crippen LogP contribution is 2.23.